The van der Waals surface area contributed by atoms with E-state index in [0.717, 1.165) is 31.2 Å². The number of halogens is 1. The van der Waals surface area contributed by atoms with Crippen LogP contribution in [0.3, 0.4) is 0 Å². The smallest absolute Gasteiger partial charge is 0.316 e. The molecule has 2 aromatic rings. The lowest BCUT2D eigenvalue weighted by Gasteiger charge is -2.28. The molecule has 0 atom stereocenters. The van der Waals surface area contributed by atoms with Gasteiger partial charge in [-0.25, -0.2) is 9.97 Å². The van der Waals surface area contributed by atoms with E-state index in [4.69, 9.17) is 16.3 Å². The zero-order valence-corrected chi connectivity index (χ0v) is 14.5. The zero-order valence-electron chi connectivity index (χ0n) is 13.8. The summed E-state index contributed by atoms with van der Waals surface area (Å²) in [7, 11) is 0. The van der Waals surface area contributed by atoms with Gasteiger partial charge in [0.25, 0.3) is 0 Å². The van der Waals surface area contributed by atoms with Crippen LogP contribution in [-0.2, 0) is 4.79 Å². The number of benzene rings is 1. The molecule has 6 heteroatoms. The first-order valence-corrected chi connectivity index (χ1v) is 8.74. The van der Waals surface area contributed by atoms with Crippen molar-refractivity contribution < 1.29 is 9.53 Å². The first kappa shape index (κ1) is 17.4. The fourth-order valence-electron chi connectivity index (χ4n) is 2.82. The predicted octanol–water partition coefficient (Wildman–Crippen LogP) is 3.65. The average molecular weight is 358 g/mol. The van der Waals surface area contributed by atoms with Crippen LogP contribution in [0, 0.1) is 0 Å². The molecule has 130 valence electrons. The summed E-state index contributed by atoms with van der Waals surface area (Å²) in [6.07, 6.45) is 10.3. The molecule has 1 amide bonds. The zero-order chi connectivity index (χ0) is 17.5. The molecular formula is C19H20ClN3O2. The third kappa shape index (κ3) is 5.57. The second-order valence-electron chi connectivity index (χ2n) is 6.02. The Balaban J connectivity index is 1.42. The van der Waals surface area contributed by atoms with Crippen molar-refractivity contribution in [2.75, 3.05) is 0 Å². The highest BCUT2D eigenvalue weighted by molar-refractivity contribution is 6.30. The third-order valence-electron chi connectivity index (χ3n) is 4.13. The first-order chi connectivity index (χ1) is 12.2. The largest absolute Gasteiger partial charge is 0.460 e. The van der Waals surface area contributed by atoms with Crippen molar-refractivity contribution in [3.05, 3.63) is 59.4 Å². The maximum absolute atomic E-state index is 12.0. The number of ether oxygens (including phenoxy) is 1. The minimum atomic E-state index is -0.0780. The van der Waals surface area contributed by atoms with Gasteiger partial charge in [-0.15, -0.1) is 0 Å². The molecule has 0 bridgehead atoms. The number of hydrogen-bond donors (Lipinski definition) is 1. The summed E-state index contributed by atoms with van der Waals surface area (Å²) in [4.78, 5) is 20.2. The number of carbonyl (C=O) groups excluding carboxylic acids is 1. The van der Waals surface area contributed by atoms with Crippen LogP contribution in [0.4, 0.5) is 0 Å². The molecule has 1 aromatic heterocycles. The van der Waals surface area contributed by atoms with Gasteiger partial charge in [-0.05, 0) is 55.5 Å². The molecule has 1 N–H and O–H groups in total. The highest BCUT2D eigenvalue weighted by Gasteiger charge is 2.23. The summed E-state index contributed by atoms with van der Waals surface area (Å²) in [6.45, 7) is 0. The van der Waals surface area contributed by atoms with Gasteiger partial charge in [0.1, 0.15) is 6.10 Å². The Kier molecular flexibility index (Phi) is 6.01. The van der Waals surface area contributed by atoms with E-state index in [1.807, 2.05) is 12.1 Å². The van der Waals surface area contributed by atoms with E-state index in [1.54, 1.807) is 42.7 Å². The van der Waals surface area contributed by atoms with Gasteiger partial charge in [0.2, 0.25) is 5.91 Å². The lowest BCUT2D eigenvalue weighted by Crippen LogP contribution is -2.39. The van der Waals surface area contributed by atoms with Gasteiger partial charge < -0.3 is 10.1 Å². The number of rotatable bonds is 5. The minimum absolute atomic E-state index is 0.0780. The minimum Gasteiger partial charge on any atom is -0.460 e. The number of carbonyl (C=O) groups is 1. The monoisotopic (exact) mass is 357 g/mol. The van der Waals surface area contributed by atoms with Crippen LogP contribution in [0.1, 0.15) is 31.2 Å². The van der Waals surface area contributed by atoms with Crippen molar-refractivity contribution in [3.8, 4) is 6.01 Å². The summed E-state index contributed by atoms with van der Waals surface area (Å²) in [6, 6.07) is 9.71. The van der Waals surface area contributed by atoms with E-state index >= 15 is 0 Å². The normalized spacial score (nSPS) is 20.4. The molecule has 3 rings (SSSR count). The van der Waals surface area contributed by atoms with Crippen molar-refractivity contribution in [1.82, 2.24) is 15.3 Å². The van der Waals surface area contributed by atoms with Gasteiger partial charge in [-0.3, -0.25) is 4.79 Å². The number of nitrogens with one attached hydrogen (secondary N) is 1. The highest BCUT2D eigenvalue weighted by Crippen LogP contribution is 2.22. The van der Waals surface area contributed by atoms with Gasteiger partial charge in [0, 0.05) is 29.5 Å². The summed E-state index contributed by atoms with van der Waals surface area (Å²) >= 11 is 5.84. The molecule has 1 saturated carbocycles. The maximum atomic E-state index is 12.0. The van der Waals surface area contributed by atoms with Crippen LogP contribution >= 0.6 is 11.6 Å². The molecule has 0 spiro atoms. The summed E-state index contributed by atoms with van der Waals surface area (Å²) in [5, 5.41) is 3.73. The third-order valence-corrected chi connectivity index (χ3v) is 4.38. The van der Waals surface area contributed by atoms with E-state index in [2.05, 4.69) is 15.3 Å². The number of aromatic nitrogens is 2. The van der Waals surface area contributed by atoms with Gasteiger partial charge in [0.15, 0.2) is 0 Å². The quantitative estimate of drug-likeness (QED) is 0.829. The van der Waals surface area contributed by atoms with Crippen LogP contribution in [0.5, 0.6) is 6.01 Å². The molecule has 1 fully saturated rings. The Morgan fingerprint density at radius 3 is 2.48 bits per heavy atom. The van der Waals surface area contributed by atoms with Crippen LogP contribution in [0.25, 0.3) is 6.08 Å². The molecule has 25 heavy (non-hydrogen) atoms. The Hall–Kier alpha value is -2.40. The molecule has 0 radical (unpaired) electrons. The predicted molar refractivity (Wildman–Crippen MR) is 97.3 cm³/mol. The highest BCUT2D eigenvalue weighted by atomic mass is 35.5. The molecule has 1 aliphatic carbocycles. The van der Waals surface area contributed by atoms with E-state index < -0.39 is 0 Å². The van der Waals surface area contributed by atoms with Crippen LogP contribution in [0.15, 0.2) is 48.8 Å². The Morgan fingerprint density at radius 2 is 1.80 bits per heavy atom. The van der Waals surface area contributed by atoms with Gasteiger partial charge >= 0.3 is 6.01 Å². The molecule has 0 unspecified atom stereocenters. The van der Waals surface area contributed by atoms with Gasteiger partial charge in [0.05, 0.1) is 0 Å². The molecule has 1 heterocycles. The Bertz CT molecular complexity index is 711. The maximum Gasteiger partial charge on any atom is 0.316 e. The molecule has 1 aromatic carbocycles. The van der Waals surface area contributed by atoms with E-state index in [9.17, 15) is 4.79 Å². The van der Waals surface area contributed by atoms with Crippen molar-refractivity contribution in [3.63, 3.8) is 0 Å². The van der Waals surface area contributed by atoms with Crippen molar-refractivity contribution in [1.29, 1.82) is 0 Å². The average Bonchev–Trinajstić information content (AvgIpc) is 2.64. The SMILES string of the molecule is O=C(/C=C/c1ccc(Cl)cc1)NC1CCC(Oc2ncccn2)CC1. The van der Waals surface area contributed by atoms with Crippen LogP contribution in [0.2, 0.25) is 5.02 Å². The number of nitrogens with zero attached hydrogens (tertiary/aromatic N) is 2. The standard InChI is InChI=1S/C19H20ClN3O2/c20-15-5-2-14(3-6-15)4-11-18(24)23-16-7-9-17(10-8-16)25-19-21-12-1-13-22-19/h1-6,11-13,16-17H,7-10H2,(H,23,24)/b11-4+. The topological polar surface area (TPSA) is 64.1 Å². The molecule has 5 nitrogen and oxygen atoms in total. The summed E-state index contributed by atoms with van der Waals surface area (Å²) in [5.41, 5.74) is 0.944. The van der Waals surface area contributed by atoms with E-state index in [1.165, 1.54) is 0 Å². The molecule has 1 aliphatic rings. The van der Waals surface area contributed by atoms with Crippen molar-refractivity contribution in [2.45, 2.75) is 37.8 Å². The van der Waals surface area contributed by atoms with E-state index in [-0.39, 0.29) is 18.1 Å². The van der Waals surface area contributed by atoms with Gasteiger partial charge in [-0.1, -0.05) is 23.7 Å². The Morgan fingerprint density at radius 1 is 1.12 bits per heavy atom. The fraction of sp³-hybridized carbons (Fsp3) is 0.316. The molecule has 0 aliphatic heterocycles. The lowest BCUT2D eigenvalue weighted by atomic mass is 9.93. The second kappa shape index (κ2) is 8.62. The summed E-state index contributed by atoms with van der Waals surface area (Å²) < 4.78 is 5.76. The Labute approximate surface area is 152 Å². The van der Waals surface area contributed by atoms with Crippen molar-refractivity contribution >= 4 is 23.6 Å². The van der Waals surface area contributed by atoms with Crippen molar-refractivity contribution in [2.24, 2.45) is 0 Å². The number of amides is 1. The fourth-order valence-corrected chi connectivity index (χ4v) is 2.94. The van der Waals surface area contributed by atoms with Crippen LogP contribution in [-0.4, -0.2) is 28.0 Å². The summed E-state index contributed by atoms with van der Waals surface area (Å²) in [5.74, 6) is -0.0780. The van der Waals surface area contributed by atoms with Gasteiger partial charge in [-0.2, -0.15) is 0 Å². The first-order valence-electron chi connectivity index (χ1n) is 8.37. The van der Waals surface area contributed by atoms with Crippen LogP contribution < -0.4 is 10.1 Å². The lowest BCUT2D eigenvalue weighted by molar-refractivity contribution is -0.117. The van der Waals surface area contributed by atoms with E-state index in [0.29, 0.717) is 11.0 Å². The molecular weight excluding hydrogens is 338 g/mol. The number of hydrogen-bond acceptors (Lipinski definition) is 4. The second-order valence-corrected chi connectivity index (χ2v) is 6.45. The molecule has 0 saturated heterocycles.